The van der Waals surface area contributed by atoms with Gasteiger partial charge in [-0.2, -0.15) is 0 Å². The van der Waals surface area contributed by atoms with Crippen molar-refractivity contribution in [3.8, 4) is 11.5 Å². The van der Waals surface area contributed by atoms with Crippen molar-refractivity contribution in [3.05, 3.63) is 88.5 Å². The summed E-state index contributed by atoms with van der Waals surface area (Å²) < 4.78 is 10.5. The van der Waals surface area contributed by atoms with Crippen LogP contribution in [0.1, 0.15) is 39.5 Å². The molecule has 0 bridgehead atoms. The molecule has 1 amide bonds. The predicted molar refractivity (Wildman–Crippen MR) is 138 cm³/mol. The van der Waals surface area contributed by atoms with Crippen molar-refractivity contribution in [3.63, 3.8) is 0 Å². The average Bonchev–Trinajstić information content (AvgIpc) is 3.40. The number of benzene rings is 2. The van der Waals surface area contributed by atoms with Crippen LogP contribution in [0.3, 0.4) is 0 Å². The number of rotatable bonds is 8. The number of nitrogens with zero attached hydrogens (tertiary/aromatic N) is 2. The van der Waals surface area contributed by atoms with Crippen molar-refractivity contribution in [2.24, 2.45) is 0 Å². The first kappa shape index (κ1) is 25.6. The summed E-state index contributed by atoms with van der Waals surface area (Å²) in [5.74, 6) is -2.25. The highest BCUT2D eigenvalue weighted by atomic mass is 32.1. The number of aryl methyl sites for hydroxylation is 1. The van der Waals surface area contributed by atoms with E-state index in [9.17, 15) is 24.6 Å². The molecule has 1 aromatic heterocycles. The van der Waals surface area contributed by atoms with E-state index in [1.165, 1.54) is 12.1 Å². The molecule has 2 heterocycles. The number of carbonyl (C=O) groups excluding carboxylic acids is 3. The number of esters is 1. The third-order valence-electron chi connectivity index (χ3n) is 5.60. The Morgan fingerprint density at radius 3 is 2.46 bits per heavy atom. The summed E-state index contributed by atoms with van der Waals surface area (Å²) in [4.78, 5) is 44.7. The van der Waals surface area contributed by atoms with Gasteiger partial charge in [-0.25, -0.2) is 9.78 Å². The van der Waals surface area contributed by atoms with Crippen LogP contribution in [-0.2, 0) is 14.3 Å². The van der Waals surface area contributed by atoms with Gasteiger partial charge in [0, 0.05) is 5.56 Å². The second-order valence-corrected chi connectivity index (χ2v) is 8.99. The number of amides is 1. The van der Waals surface area contributed by atoms with Crippen LogP contribution >= 0.6 is 11.3 Å². The van der Waals surface area contributed by atoms with E-state index in [4.69, 9.17) is 9.47 Å². The predicted octanol–water partition coefficient (Wildman–Crippen LogP) is 4.52. The lowest BCUT2D eigenvalue weighted by molar-refractivity contribution is -0.132. The van der Waals surface area contributed by atoms with Gasteiger partial charge in [-0.15, -0.1) is 0 Å². The van der Waals surface area contributed by atoms with Crippen molar-refractivity contribution in [1.82, 2.24) is 4.98 Å². The van der Waals surface area contributed by atoms with Crippen LogP contribution in [0.15, 0.2) is 66.8 Å². The quantitative estimate of drug-likeness (QED) is 0.146. The number of hydrogen-bond acceptors (Lipinski definition) is 9. The number of thiazole rings is 1. The van der Waals surface area contributed by atoms with Crippen LogP contribution in [0.4, 0.5) is 5.13 Å². The van der Waals surface area contributed by atoms with E-state index < -0.39 is 23.7 Å². The summed E-state index contributed by atoms with van der Waals surface area (Å²) in [6.07, 6.45) is 1.60. The van der Waals surface area contributed by atoms with Gasteiger partial charge in [0.05, 0.1) is 23.9 Å². The lowest BCUT2D eigenvalue weighted by Crippen LogP contribution is -2.29. The molecule has 1 atom stereocenters. The Morgan fingerprint density at radius 1 is 1.16 bits per heavy atom. The van der Waals surface area contributed by atoms with E-state index in [1.54, 1.807) is 56.3 Å². The Hall–Kier alpha value is -4.44. The zero-order valence-electron chi connectivity index (χ0n) is 20.1. The molecule has 1 aliphatic heterocycles. The molecule has 190 valence electrons. The number of aliphatic hydroxyl groups is 1. The van der Waals surface area contributed by atoms with Crippen molar-refractivity contribution in [2.45, 2.75) is 19.9 Å². The summed E-state index contributed by atoms with van der Waals surface area (Å²) in [7, 11) is 0. The van der Waals surface area contributed by atoms with E-state index in [1.807, 2.05) is 0 Å². The van der Waals surface area contributed by atoms with Crippen molar-refractivity contribution >= 4 is 39.9 Å². The molecule has 1 fully saturated rings. The number of hydrogen-bond donors (Lipinski definition) is 2. The van der Waals surface area contributed by atoms with Gasteiger partial charge in [-0.05, 0) is 55.8 Å². The standard InChI is InChI=1S/C27H24N2O7S/c1-4-14-36-19-12-8-17(9-13-19)22(31)20-21(16-6-10-18(30)11-7-16)29(25(33)23(20)32)27-28-15(3)24(37-27)26(34)35-5-2/h4,6-13,21,30-31H,1,5,14H2,2-3H3/b22-20+/t21-/m0/s1. The number of aromatic hydroxyl groups is 1. The normalized spacial score (nSPS) is 16.6. The second-order valence-electron chi connectivity index (χ2n) is 8.02. The number of carbonyl (C=O) groups is 3. The highest BCUT2D eigenvalue weighted by Crippen LogP contribution is 2.44. The van der Waals surface area contributed by atoms with E-state index in [0.29, 0.717) is 29.2 Å². The van der Waals surface area contributed by atoms with Gasteiger partial charge < -0.3 is 19.7 Å². The molecule has 4 rings (SSSR count). The maximum Gasteiger partial charge on any atom is 0.350 e. The first-order chi connectivity index (χ1) is 17.8. The molecular formula is C27H24N2O7S. The molecule has 2 N–H and O–H groups in total. The van der Waals surface area contributed by atoms with Gasteiger partial charge in [0.25, 0.3) is 5.78 Å². The number of ketones is 1. The maximum absolute atomic E-state index is 13.3. The van der Waals surface area contributed by atoms with Gasteiger partial charge in [0.15, 0.2) is 5.13 Å². The number of Topliss-reactive ketones (excluding diaryl/α,β-unsaturated/α-hetero) is 1. The fraction of sp³-hybridized carbons (Fsp3) is 0.185. The number of anilines is 1. The van der Waals surface area contributed by atoms with Crippen LogP contribution in [0.5, 0.6) is 11.5 Å². The minimum Gasteiger partial charge on any atom is -0.508 e. The van der Waals surface area contributed by atoms with Crippen LogP contribution in [0.25, 0.3) is 5.76 Å². The second kappa shape index (κ2) is 10.7. The molecule has 9 nitrogen and oxygen atoms in total. The molecule has 2 aromatic carbocycles. The van der Waals surface area contributed by atoms with Gasteiger partial charge in [0.1, 0.15) is 28.7 Å². The maximum atomic E-state index is 13.3. The molecule has 1 saturated heterocycles. The molecule has 0 spiro atoms. The van der Waals surface area contributed by atoms with Gasteiger partial charge >= 0.3 is 11.9 Å². The highest BCUT2D eigenvalue weighted by Gasteiger charge is 2.48. The number of phenols is 1. The minimum atomic E-state index is -1.06. The molecule has 0 aliphatic carbocycles. The number of aromatic nitrogens is 1. The average molecular weight is 521 g/mol. The zero-order chi connectivity index (χ0) is 26.7. The van der Waals surface area contributed by atoms with Crippen LogP contribution in [-0.4, -0.2) is 46.1 Å². The summed E-state index contributed by atoms with van der Waals surface area (Å²) in [5.41, 5.74) is 0.950. The number of ether oxygens (including phenoxy) is 2. The lowest BCUT2D eigenvalue weighted by atomic mass is 9.95. The molecule has 37 heavy (non-hydrogen) atoms. The smallest absolute Gasteiger partial charge is 0.350 e. The van der Waals surface area contributed by atoms with Crippen molar-refractivity contribution in [1.29, 1.82) is 0 Å². The van der Waals surface area contributed by atoms with Crippen LogP contribution in [0, 0.1) is 6.92 Å². The number of aliphatic hydroxyl groups excluding tert-OH is 1. The van der Waals surface area contributed by atoms with Crippen LogP contribution < -0.4 is 9.64 Å². The Kier molecular flexibility index (Phi) is 7.40. The fourth-order valence-electron chi connectivity index (χ4n) is 3.89. The van der Waals surface area contributed by atoms with Crippen molar-refractivity contribution < 1.29 is 34.1 Å². The van der Waals surface area contributed by atoms with E-state index >= 15 is 0 Å². The SMILES string of the molecule is C=CCOc1ccc(/C(O)=C2\C(=O)C(=O)N(c3nc(C)c(C(=O)OCC)s3)[C@H]2c2ccc(O)cc2)cc1. The van der Waals surface area contributed by atoms with Crippen molar-refractivity contribution in [2.75, 3.05) is 18.1 Å². The molecule has 0 unspecified atom stereocenters. The zero-order valence-corrected chi connectivity index (χ0v) is 20.9. The fourth-order valence-corrected chi connectivity index (χ4v) is 4.88. The third kappa shape index (κ3) is 4.96. The van der Waals surface area contributed by atoms with E-state index in [-0.39, 0.29) is 33.7 Å². The minimum absolute atomic E-state index is 0.00879. The first-order valence-corrected chi connectivity index (χ1v) is 12.2. The largest absolute Gasteiger partial charge is 0.508 e. The van der Waals surface area contributed by atoms with E-state index in [2.05, 4.69) is 11.6 Å². The van der Waals surface area contributed by atoms with E-state index in [0.717, 1.165) is 16.2 Å². The number of phenolic OH excluding ortho intramolecular Hbond substituents is 1. The molecule has 10 heteroatoms. The summed E-state index contributed by atoms with van der Waals surface area (Å²) in [5, 5.41) is 21.1. The molecule has 0 radical (unpaired) electrons. The van der Waals surface area contributed by atoms with Crippen LogP contribution in [0.2, 0.25) is 0 Å². The summed E-state index contributed by atoms with van der Waals surface area (Å²) in [6.45, 7) is 7.35. The first-order valence-electron chi connectivity index (χ1n) is 11.3. The monoisotopic (exact) mass is 520 g/mol. The Morgan fingerprint density at radius 2 is 1.84 bits per heavy atom. The Balaban J connectivity index is 1.84. The van der Waals surface area contributed by atoms with Gasteiger partial charge in [-0.3, -0.25) is 14.5 Å². The molecule has 1 aliphatic rings. The topological polar surface area (TPSA) is 126 Å². The third-order valence-corrected chi connectivity index (χ3v) is 6.74. The highest BCUT2D eigenvalue weighted by molar-refractivity contribution is 7.17. The Bertz CT molecular complexity index is 1390. The molecule has 3 aromatic rings. The summed E-state index contributed by atoms with van der Waals surface area (Å²) in [6, 6.07) is 11.3. The molecular weight excluding hydrogens is 496 g/mol. The van der Waals surface area contributed by atoms with Gasteiger partial charge in [-0.1, -0.05) is 36.1 Å². The van der Waals surface area contributed by atoms with Gasteiger partial charge in [0.2, 0.25) is 0 Å². The molecule has 0 saturated carbocycles. The lowest BCUT2D eigenvalue weighted by Gasteiger charge is -2.23. The summed E-state index contributed by atoms with van der Waals surface area (Å²) >= 11 is 0.920. The Labute approximate surface area is 216 Å².